The van der Waals surface area contributed by atoms with Gasteiger partial charge in [0.15, 0.2) is 5.82 Å². The predicted molar refractivity (Wildman–Crippen MR) is 139 cm³/mol. The third kappa shape index (κ3) is 4.48. The second-order valence-corrected chi connectivity index (χ2v) is 10.3. The number of aryl methyl sites for hydroxylation is 1. The molecule has 0 saturated carbocycles. The molecule has 0 radical (unpaired) electrons. The molecule has 1 aliphatic heterocycles. The molecule has 2 N–H and O–H groups in total. The quantitative estimate of drug-likeness (QED) is 0.387. The Hall–Kier alpha value is -3.45. The molecule has 1 fully saturated rings. The Kier molecular flexibility index (Phi) is 5.97. The number of anilines is 2. The van der Waals surface area contributed by atoms with Crippen LogP contribution in [0.1, 0.15) is 47.9 Å². The SMILES string of the molecule is Cc1c(-c2ccnc(N3CCC(F)(P)C3)c2NC(=O)c2cnc(C(C)C)nc2)ccc2[nH]ncc12. The predicted octanol–water partition coefficient (Wildman–Crippen LogP) is 4.85. The smallest absolute Gasteiger partial charge is 0.258 e. The molecular formula is C25H27FN7OP. The van der Waals surface area contributed by atoms with E-state index in [0.717, 1.165) is 27.6 Å². The third-order valence-corrected chi connectivity index (χ3v) is 6.83. The summed E-state index contributed by atoms with van der Waals surface area (Å²) in [7, 11) is 2.29. The highest BCUT2D eigenvalue weighted by molar-refractivity contribution is 7.18. The number of H-pyrrole nitrogens is 1. The van der Waals surface area contributed by atoms with Gasteiger partial charge in [-0.25, -0.2) is 19.3 Å². The van der Waals surface area contributed by atoms with Crippen LogP contribution in [0, 0.1) is 6.92 Å². The summed E-state index contributed by atoms with van der Waals surface area (Å²) in [4.78, 5) is 28.4. The molecule has 3 aromatic heterocycles. The molecular weight excluding hydrogens is 464 g/mol. The maximum atomic E-state index is 14.7. The second kappa shape index (κ2) is 8.96. The van der Waals surface area contributed by atoms with Gasteiger partial charge in [0.2, 0.25) is 0 Å². The highest BCUT2D eigenvalue weighted by atomic mass is 31.0. The maximum absolute atomic E-state index is 14.7. The first-order chi connectivity index (χ1) is 16.7. The van der Waals surface area contributed by atoms with Gasteiger partial charge < -0.3 is 10.2 Å². The molecule has 1 aromatic carbocycles. The molecule has 5 rings (SSSR count). The molecule has 1 amide bonds. The molecule has 2 unspecified atom stereocenters. The number of pyridine rings is 1. The number of nitrogens with zero attached hydrogens (tertiary/aromatic N) is 5. The average Bonchev–Trinajstić information content (AvgIpc) is 3.46. The Balaban J connectivity index is 1.60. The van der Waals surface area contributed by atoms with E-state index in [1.807, 2.05) is 43.9 Å². The van der Waals surface area contributed by atoms with Crippen molar-refractivity contribution in [2.45, 2.75) is 38.5 Å². The lowest BCUT2D eigenvalue weighted by atomic mass is 9.97. The monoisotopic (exact) mass is 491 g/mol. The zero-order valence-electron chi connectivity index (χ0n) is 19.8. The number of amides is 1. The van der Waals surface area contributed by atoms with Gasteiger partial charge in [0, 0.05) is 48.4 Å². The van der Waals surface area contributed by atoms with Crippen molar-refractivity contribution in [3.05, 3.63) is 59.9 Å². The summed E-state index contributed by atoms with van der Waals surface area (Å²) < 4.78 is 14.7. The van der Waals surface area contributed by atoms with Crippen LogP contribution in [0.2, 0.25) is 0 Å². The van der Waals surface area contributed by atoms with Gasteiger partial charge in [0.05, 0.1) is 29.5 Å². The van der Waals surface area contributed by atoms with Crippen molar-refractivity contribution in [3.63, 3.8) is 0 Å². The summed E-state index contributed by atoms with van der Waals surface area (Å²) >= 11 is 0. The van der Waals surface area contributed by atoms with Crippen LogP contribution in [0.15, 0.2) is 43.0 Å². The summed E-state index contributed by atoms with van der Waals surface area (Å²) in [5, 5.41) is 9.77. The van der Waals surface area contributed by atoms with E-state index < -0.39 is 5.41 Å². The van der Waals surface area contributed by atoms with E-state index in [4.69, 9.17) is 0 Å². The van der Waals surface area contributed by atoms with Crippen LogP contribution in [-0.4, -0.2) is 49.6 Å². The van der Waals surface area contributed by atoms with Gasteiger partial charge in [0.25, 0.3) is 5.91 Å². The number of carbonyl (C=O) groups excluding carboxylic acids is 1. The van der Waals surface area contributed by atoms with Crippen LogP contribution in [0.4, 0.5) is 15.9 Å². The van der Waals surface area contributed by atoms with Crippen LogP contribution in [0.5, 0.6) is 0 Å². The first-order valence-corrected chi connectivity index (χ1v) is 12.1. The molecule has 2 atom stereocenters. The van der Waals surface area contributed by atoms with Crippen LogP contribution >= 0.6 is 9.24 Å². The largest absolute Gasteiger partial charge is 0.351 e. The Morgan fingerprint density at radius 3 is 2.63 bits per heavy atom. The van der Waals surface area contributed by atoms with Crippen molar-refractivity contribution in [1.82, 2.24) is 25.1 Å². The third-order valence-electron chi connectivity index (χ3n) is 6.35. The van der Waals surface area contributed by atoms with Crippen LogP contribution in [0.25, 0.3) is 22.0 Å². The number of benzene rings is 1. The van der Waals surface area contributed by atoms with E-state index >= 15 is 0 Å². The van der Waals surface area contributed by atoms with Gasteiger partial charge in [-0.3, -0.25) is 9.89 Å². The van der Waals surface area contributed by atoms with Crippen LogP contribution in [0.3, 0.4) is 0 Å². The molecule has 4 heterocycles. The number of nitrogens with one attached hydrogen (secondary N) is 2. The fourth-order valence-electron chi connectivity index (χ4n) is 4.40. The summed E-state index contributed by atoms with van der Waals surface area (Å²) in [6, 6.07) is 5.81. The maximum Gasteiger partial charge on any atom is 0.258 e. The van der Waals surface area contributed by atoms with E-state index in [9.17, 15) is 9.18 Å². The molecule has 8 nitrogen and oxygen atoms in total. The first-order valence-electron chi connectivity index (χ1n) is 11.5. The van der Waals surface area contributed by atoms with E-state index in [0.29, 0.717) is 35.9 Å². The topological polar surface area (TPSA) is 99.7 Å². The van der Waals surface area contributed by atoms with E-state index in [2.05, 4.69) is 39.7 Å². The van der Waals surface area contributed by atoms with Crippen molar-refractivity contribution in [2.24, 2.45) is 0 Å². The lowest BCUT2D eigenvalue weighted by molar-refractivity contribution is 0.102. The summed E-state index contributed by atoms with van der Waals surface area (Å²) in [5.41, 5.74) is 4.53. The van der Waals surface area contributed by atoms with Crippen molar-refractivity contribution < 1.29 is 9.18 Å². The van der Waals surface area contributed by atoms with Gasteiger partial charge in [-0.2, -0.15) is 5.10 Å². The number of halogens is 1. The molecule has 0 bridgehead atoms. The van der Waals surface area contributed by atoms with Gasteiger partial charge >= 0.3 is 0 Å². The Morgan fingerprint density at radius 2 is 1.94 bits per heavy atom. The van der Waals surface area contributed by atoms with Crippen molar-refractivity contribution in [1.29, 1.82) is 0 Å². The van der Waals surface area contributed by atoms with Gasteiger partial charge in [-0.15, -0.1) is 0 Å². The number of fused-ring (bicyclic) bond motifs is 1. The van der Waals surface area contributed by atoms with Crippen LogP contribution < -0.4 is 10.2 Å². The van der Waals surface area contributed by atoms with E-state index in [1.54, 1.807) is 12.4 Å². The van der Waals surface area contributed by atoms with Gasteiger partial charge in [0.1, 0.15) is 11.2 Å². The van der Waals surface area contributed by atoms with Crippen molar-refractivity contribution >= 4 is 37.6 Å². The standard InChI is InChI=1S/C25H27FN7OP/c1-14(2)22-28-10-16(11-29-22)24(34)31-21-18(17-4-5-20-19(15(17)3)12-30-32-20)6-8-27-23(21)33-9-7-25(26,35)13-33/h4-6,8,10-12,14H,7,9,13,35H2,1-3H3,(H,30,32)(H,31,34). The summed E-state index contributed by atoms with van der Waals surface area (Å²) in [5.74, 6) is 1.01. The number of hydrogen-bond donors (Lipinski definition) is 2. The number of aromatic nitrogens is 5. The lowest BCUT2D eigenvalue weighted by Gasteiger charge is -2.24. The minimum absolute atomic E-state index is 0.160. The van der Waals surface area contributed by atoms with Crippen LogP contribution in [-0.2, 0) is 0 Å². The minimum Gasteiger partial charge on any atom is -0.351 e. The average molecular weight is 492 g/mol. The fraction of sp³-hybridized carbons (Fsp3) is 0.320. The highest BCUT2D eigenvalue weighted by Gasteiger charge is 2.36. The zero-order valence-corrected chi connectivity index (χ0v) is 21.0. The normalized spacial score (nSPS) is 17.9. The number of alkyl halides is 1. The second-order valence-electron chi connectivity index (χ2n) is 9.27. The molecule has 35 heavy (non-hydrogen) atoms. The van der Waals surface area contributed by atoms with Crippen molar-refractivity contribution in [3.8, 4) is 11.1 Å². The number of aromatic amines is 1. The summed E-state index contributed by atoms with van der Waals surface area (Å²) in [6.07, 6.45) is 6.90. The molecule has 1 saturated heterocycles. The number of rotatable bonds is 5. The summed E-state index contributed by atoms with van der Waals surface area (Å²) in [6.45, 7) is 6.67. The lowest BCUT2D eigenvalue weighted by Crippen LogP contribution is -2.26. The first kappa shape index (κ1) is 23.3. The Bertz CT molecular complexity index is 1400. The fourth-order valence-corrected chi connectivity index (χ4v) is 4.75. The number of carbonyl (C=O) groups is 1. The Labute approximate surface area is 205 Å². The molecule has 0 spiro atoms. The number of hydrogen-bond acceptors (Lipinski definition) is 6. The zero-order chi connectivity index (χ0) is 24.7. The molecule has 0 aliphatic carbocycles. The van der Waals surface area contributed by atoms with E-state index in [1.165, 1.54) is 12.4 Å². The van der Waals surface area contributed by atoms with Crippen molar-refractivity contribution in [2.75, 3.05) is 23.3 Å². The van der Waals surface area contributed by atoms with Gasteiger partial charge in [-0.05, 0) is 30.2 Å². The highest BCUT2D eigenvalue weighted by Crippen LogP contribution is 2.42. The molecule has 4 aromatic rings. The minimum atomic E-state index is -1.40. The van der Waals surface area contributed by atoms with Gasteiger partial charge in [-0.1, -0.05) is 29.2 Å². The molecule has 10 heteroatoms. The van der Waals surface area contributed by atoms with E-state index in [-0.39, 0.29) is 18.4 Å². The molecule has 1 aliphatic rings. The molecule has 180 valence electrons. The Morgan fingerprint density at radius 1 is 1.17 bits per heavy atom.